The Labute approximate surface area is 165 Å². The molecular formula is C17H24ClN3O5S. The molecule has 8 nitrogen and oxygen atoms in total. The minimum Gasteiger partial charge on any atom is -0.493 e. The van der Waals surface area contributed by atoms with Gasteiger partial charge in [0.1, 0.15) is 6.10 Å². The van der Waals surface area contributed by atoms with Crippen LogP contribution in [0.3, 0.4) is 0 Å². The van der Waals surface area contributed by atoms with E-state index in [1.54, 1.807) is 25.5 Å². The molecule has 0 bridgehead atoms. The van der Waals surface area contributed by atoms with E-state index in [2.05, 4.69) is 9.36 Å². The van der Waals surface area contributed by atoms with E-state index >= 15 is 0 Å². The SMILES string of the molecule is COc1cc2c(cc1OC)S(C)(=O)=NC(N1CCC(OC(C)=O)CC1)=N2.Cl. The summed E-state index contributed by atoms with van der Waals surface area (Å²) >= 11 is 0. The normalized spacial score (nSPS) is 21.9. The highest BCUT2D eigenvalue weighted by molar-refractivity contribution is 7.93. The van der Waals surface area contributed by atoms with Crippen molar-refractivity contribution in [2.45, 2.75) is 30.8 Å². The van der Waals surface area contributed by atoms with Crippen molar-refractivity contribution in [2.75, 3.05) is 33.6 Å². The number of halogens is 1. The molecular weight excluding hydrogens is 394 g/mol. The Balaban J connectivity index is 0.00000261. The molecule has 2 aliphatic rings. The summed E-state index contributed by atoms with van der Waals surface area (Å²) in [5.74, 6) is 1.20. The molecule has 1 aromatic carbocycles. The summed E-state index contributed by atoms with van der Waals surface area (Å²) in [4.78, 5) is 18.2. The zero-order valence-corrected chi connectivity index (χ0v) is 17.4. The van der Waals surface area contributed by atoms with Gasteiger partial charge in [-0.3, -0.25) is 4.79 Å². The number of piperidine rings is 1. The summed E-state index contributed by atoms with van der Waals surface area (Å²) in [7, 11) is 0.429. The van der Waals surface area contributed by atoms with Gasteiger partial charge in [0.05, 0.1) is 34.5 Å². The Hall–Kier alpha value is -2.00. The van der Waals surface area contributed by atoms with Crippen LogP contribution in [0.15, 0.2) is 26.4 Å². The fraction of sp³-hybridized carbons (Fsp3) is 0.529. The maximum absolute atomic E-state index is 13.1. The van der Waals surface area contributed by atoms with E-state index < -0.39 is 9.73 Å². The molecule has 0 aliphatic carbocycles. The lowest BCUT2D eigenvalue weighted by atomic mass is 10.1. The van der Waals surface area contributed by atoms with Gasteiger partial charge in [-0.1, -0.05) is 0 Å². The lowest BCUT2D eigenvalue weighted by Gasteiger charge is -2.33. The predicted molar refractivity (Wildman–Crippen MR) is 105 cm³/mol. The molecule has 1 atom stereocenters. The van der Waals surface area contributed by atoms with Crippen LogP contribution in [0, 0.1) is 0 Å². The number of likely N-dealkylation sites (tertiary alicyclic amines) is 1. The van der Waals surface area contributed by atoms with Crippen LogP contribution in [-0.4, -0.2) is 60.7 Å². The third kappa shape index (κ3) is 4.47. The van der Waals surface area contributed by atoms with E-state index in [0.717, 1.165) is 0 Å². The first-order chi connectivity index (χ1) is 12.3. The van der Waals surface area contributed by atoms with Crippen molar-refractivity contribution in [3.05, 3.63) is 12.1 Å². The van der Waals surface area contributed by atoms with E-state index in [1.807, 2.05) is 4.90 Å². The van der Waals surface area contributed by atoms with Crippen LogP contribution >= 0.6 is 12.4 Å². The van der Waals surface area contributed by atoms with E-state index in [9.17, 15) is 9.00 Å². The van der Waals surface area contributed by atoms with Crippen molar-refractivity contribution in [3.8, 4) is 11.5 Å². The van der Waals surface area contributed by atoms with Crippen molar-refractivity contribution < 1.29 is 23.2 Å². The van der Waals surface area contributed by atoms with Crippen molar-refractivity contribution in [1.29, 1.82) is 0 Å². The highest BCUT2D eigenvalue weighted by Crippen LogP contribution is 2.40. The summed E-state index contributed by atoms with van der Waals surface area (Å²) in [5.41, 5.74) is 0.572. The Kier molecular flexibility index (Phi) is 6.59. The maximum Gasteiger partial charge on any atom is 0.302 e. The van der Waals surface area contributed by atoms with Crippen LogP contribution < -0.4 is 9.47 Å². The van der Waals surface area contributed by atoms with E-state index in [0.29, 0.717) is 54.0 Å². The summed E-state index contributed by atoms with van der Waals surface area (Å²) in [6.07, 6.45) is 2.89. The molecule has 1 saturated heterocycles. The van der Waals surface area contributed by atoms with Crippen LogP contribution in [-0.2, 0) is 19.3 Å². The minimum absolute atomic E-state index is 0. The zero-order valence-electron chi connectivity index (χ0n) is 15.8. The van der Waals surface area contributed by atoms with Gasteiger partial charge in [-0.2, -0.15) is 4.36 Å². The van der Waals surface area contributed by atoms with Crippen LogP contribution in [0.5, 0.6) is 11.5 Å². The molecule has 1 aromatic rings. The third-order valence-electron chi connectivity index (χ3n) is 4.41. The van der Waals surface area contributed by atoms with Gasteiger partial charge in [-0.05, 0) is 0 Å². The average molecular weight is 418 g/mol. The van der Waals surface area contributed by atoms with Gasteiger partial charge in [0.25, 0.3) is 0 Å². The first kappa shape index (κ1) is 21.3. The molecule has 0 aromatic heterocycles. The van der Waals surface area contributed by atoms with Gasteiger partial charge in [-0.15, -0.1) is 12.4 Å². The highest BCUT2D eigenvalue weighted by atomic mass is 35.5. The molecule has 150 valence electrons. The lowest BCUT2D eigenvalue weighted by Crippen LogP contribution is -2.41. The summed E-state index contributed by atoms with van der Waals surface area (Å²) < 4.78 is 33.4. The second kappa shape index (κ2) is 8.35. The van der Waals surface area contributed by atoms with Crippen LogP contribution in [0.2, 0.25) is 0 Å². The largest absolute Gasteiger partial charge is 0.493 e. The van der Waals surface area contributed by atoms with Gasteiger partial charge in [-0.25, -0.2) is 9.20 Å². The number of rotatable bonds is 3. The minimum atomic E-state index is -2.65. The molecule has 1 fully saturated rings. The summed E-state index contributed by atoms with van der Waals surface area (Å²) in [5, 5.41) is 0. The quantitative estimate of drug-likeness (QED) is 0.702. The molecule has 0 radical (unpaired) electrons. The van der Waals surface area contributed by atoms with E-state index in [-0.39, 0.29) is 24.5 Å². The zero-order chi connectivity index (χ0) is 18.9. The molecule has 2 aliphatic heterocycles. The monoisotopic (exact) mass is 417 g/mol. The molecule has 10 heteroatoms. The standard InChI is InChI=1S/C17H23N3O5S.ClH/c1-11(21)25-12-5-7-20(8-6-12)17-18-13-9-14(23-2)15(24-3)10-16(13)26(4,22)19-17;/h9-10,12H,5-8H2,1-4H3;1H. The van der Waals surface area contributed by atoms with Crippen molar-refractivity contribution in [2.24, 2.45) is 9.36 Å². The van der Waals surface area contributed by atoms with Crippen molar-refractivity contribution >= 4 is 39.8 Å². The number of carbonyl (C=O) groups excluding carboxylic acids is 1. The van der Waals surface area contributed by atoms with Crippen LogP contribution in [0.25, 0.3) is 0 Å². The Morgan fingerprint density at radius 3 is 2.33 bits per heavy atom. The summed E-state index contributed by atoms with van der Waals surface area (Å²) in [6, 6.07) is 3.39. The fourth-order valence-electron chi connectivity index (χ4n) is 3.11. The number of esters is 1. The van der Waals surface area contributed by atoms with Gasteiger partial charge < -0.3 is 19.1 Å². The van der Waals surface area contributed by atoms with E-state index in [1.165, 1.54) is 14.0 Å². The number of hydrogen-bond donors (Lipinski definition) is 0. The van der Waals surface area contributed by atoms with E-state index in [4.69, 9.17) is 14.2 Å². The van der Waals surface area contributed by atoms with Gasteiger partial charge in [0, 0.05) is 51.2 Å². The number of hydrogen-bond acceptors (Lipinski definition) is 8. The number of carbonyl (C=O) groups is 1. The molecule has 1 unspecified atom stereocenters. The van der Waals surface area contributed by atoms with Gasteiger partial charge >= 0.3 is 5.97 Å². The lowest BCUT2D eigenvalue weighted by molar-refractivity contribution is -0.148. The number of methoxy groups -OCH3 is 2. The molecule has 27 heavy (non-hydrogen) atoms. The van der Waals surface area contributed by atoms with Crippen molar-refractivity contribution in [1.82, 2.24) is 4.90 Å². The number of benzene rings is 1. The molecule has 2 heterocycles. The Morgan fingerprint density at radius 2 is 1.78 bits per heavy atom. The second-order valence-electron chi connectivity index (χ2n) is 6.28. The number of guanidine groups is 1. The maximum atomic E-state index is 13.1. The summed E-state index contributed by atoms with van der Waals surface area (Å²) in [6.45, 7) is 2.69. The molecule has 0 spiro atoms. The number of ether oxygens (including phenoxy) is 3. The topological polar surface area (TPSA) is 89.8 Å². The first-order valence-electron chi connectivity index (χ1n) is 8.33. The van der Waals surface area contributed by atoms with Crippen LogP contribution in [0.1, 0.15) is 19.8 Å². The van der Waals surface area contributed by atoms with Gasteiger partial charge in [0.2, 0.25) is 5.96 Å². The third-order valence-corrected chi connectivity index (χ3v) is 6.06. The molecule has 0 N–H and O–H groups in total. The molecule has 0 saturated carbocycles. The first-order valence-corrected chi connectivity index (χ1v) is 10.3. The van der Waals surface area contributed by atoms with Gasteiger partial charge in [0.15, 0.2) is 11.5 Å². The highest BCUT2D eigenvalue weighted by Gasteiger charge is 2.28. The number of fused-ring (bicyclic) bond motifs is 1. The number of nitrogens with zero attached hydrogens (tertiary/aromatic N) is 3. The second-order valence-corrected chi connectivity index (χ2v) is 8.50. The fourth-order valence-corrected chi connectivity index (χ4v) is 4.49. The molecule has 3 rings (SSSR count). The van der Waals surface area contributed by atoms with Crippen molar-refractivity contribution in [3.63, 3.8) is 0 Å². The smallest absolute Gasteiger partial charge is 0.302 e. The number of aliphatic imine (C=N–C) groups is 1. The Bertz CT molecular complexity index is 872. The van der Waals surface area contributed by atoms with Crippen LogP contribution in [0.4, 0.5) is 5.69 Å². The molecule has 0 amide bonds. The average Bonchev–Trinajstić information content (AvgIpc) is 2.60. The Morgan fingerprint density at radius 1 is 1.19 bits per heavy atom. The predicted octanol–water partition coefficient (Wildman–Crippen LogP) is 2.61.